The molecule has 0 atom stereocenters. The number of carbonyl (C=O) groups is 2. The number of hydrogen-bond acceptors (Lipinski definition) is 5. The minimum Gasteiger partial charge on any atom is -0.481 e. The molecule has 0 bridgehead atoms. The molecule has 0 unspecified atom stereocenters. The van der Waals surface area contributed by atoms with Crippen molar-refractivity contribution in [2.24, 2.45) is 0 Å². The van der Waals surface area contributed by atoms with Gasteiger partial charge in [0, 0.05) is 12.8 Å². The van der Waals surface area contributed by atoms with Gasteiger partial charge in [0.2, 0.25) is 0 Å². The molecule has 0 aliphatic rings. The van der Waals surface area contributed by atoms with Gasteiger partial charge in [-0.3, -0.25) is 9.59 Å². The minimum absolute atomic E-state index is 0.0216. The average molecular weight is 260 g/mol. The first-order valence-electron chi connectivity index (χ1n) is 5.80. The van der Waals surface area contributed by atoms with Crippen molar-refractivity contribution in [2.45, 2.75) is 19.3 Å². The number of carboxylic acids is 1. The fourth-order valence-corrected chi connectivity index (χ4v) is 1.06. The van der Waals surface area contributed by atoms with Crippen LogP contribution in [0.15, 0.2) is 12.7 Å². The van der Waals surface area contributed by atoms with Crippen LogP contribution in [0, 0.1) is 0 Å². The molecule has 0 saturated heterocycles. The first kappa shape index (κ1) is 16.6. The van der Waals surface area contributed by atoms with Crippen molar-refractivity contribution >= 4 is 11.9 Å². The Morgan fingerprint density at radius 3 is 2.39 bits per heavy atom. The van der Waals surface area contributed by atoms with Crippen molar-refractivity contribution in [3.8, 4) is 0 Å². The summed E-state index contributed by atoms with van der Waals surface area (Å²) < 4.78 is 15.1. The molecule has 104 valence electrons. The summed E-state index contributed by atoms with van der Waals surface area (Å²) in [4.78, 5) is 21.3. The molecule has 0 aromatic rings. The molecule has 0 aromatic carbocycles. The van der Waals surface area contributed by atoms with Crippen LogP contribution in [-0.2, 0) is 23.8 Å². The van der Waals surface area contributed by atoms with E-state index in [9.17, 15) is 9.59 Å². The Bertz CT molecular complexity index is 251. The standard InChI is InChI=1S/C12H20O6/c1-2-6-16-7-8-17-9-10-18-12(15)5-3-4-11(13)14/h2H,1,3-10H2,(H,13,14). The van der Waals surface area contributed by atoms with Crippen LogP contribution in [0.25, 0.3) is 0 Å². The second kappa shape index (κ2) is 12.1. The molecule has 18 heavy (non-hydrogen) atoms. The van der Waals surface area contributed by atoms with Gasteiger partial charge in [0.1, 0.15) is 6.61 Å². The maximum absolute atomic E-state index is 11.1. The zero-order valence-electron chi connectivity index (χ0n) is 10.4. The quantitative estimate of drug-likeness (QED) is 0.320. The van der Waals surface area contributed by atoms with E-state index in [1.165, 1.54) is 0 Å². The second-order valence-electron chi connectivity index (χ2n) is 3.44. The lowest BCUT2D eigenvalue weighted by Crippen LogP contribution is -2.13. The molecule has 0 amide bonds. The van der Waals surface area contributed by atoms with E-state index < -0.39 is 11.9 Å². The van der Waals surface area contributed by atoms with Crippen LogP contribution in [0.2, 0.25) is 0 Å². The number of esters is 1. The molecule has 6 heteroatoms. The molecule has 0 rings (SSSR count). The van der Waals surface area contributed by atoms with Gasteiger partial charge in [0.05, 0.1) is 26.4 Å². The Morgan fingerprint density at radius 1 is 1.06 bits per heavy atom. The zero-order chi connectivity index (χ0) is 13.6. The highest BCUT2D eigenvalue weighted by molar-refractivity contribution is 5.71. The first-order chi connectivity index (χ1) is 8.66. The summed E-state index contributed by atoms with van der Waals surface area (Å²) in [5.74, 6) is -1.31. The average Bonchev–Trinajstić information content (AvgIpc) is 2.32. The Labute approximate surface area is 107 Å². The summed E-state index contributed by atoms with van der Waals surface area (Å²) in [6, 6.07) is 0. The third kappa shape index (κ3) is 12.7. The highest BCUT2D eigenvalue weighted by Crippen LogP contribution is 1.97. The van der Waals surface area contributed by atoms with Gasteiger partial charge in [-0.25, -0.2) is 0 Å². The number of carboxylic acid groups (broad SMARTS) is 1. The Morgan fingerprint density at radius 2 is 1.72 bits per heavy atom. The predicted octanol–water partition coefficient (Wildman–Crippen LogP) is 1.00. The molecule has 0 aliphatic carbocycles. The van der Waals surface area contributed by atoms with Gasteiger partial charge in [0.25, 0.3) is 0 Å². The van der Waals surface area contributed by atoms with Gasteiger partial charge >= 0.3 is 11.9 Å². The van der Waals surface area contributed by atoms with E-state index in [0.29, 0.717) is 32.8 Å². The molecule has 0 heterocycles. The molecule has 0 radical (unpaired) electrons. The van der Waals surface area contributed by atoms with Crippen LogP contribution in [-0.4, -0.2) is 50.1 Å². The van der Waals surface area contributed by atoms with Crippen LogP contribution in [0.5, 0.6) is 0 Å². The highest BCUT2D eigenvalue weighted by atomic mass is 16.6. The van der Waals surface area contributed by atoms with E-state index in [1.807, 2.05) is 0 Å². The van der Waals surface area contributed by atoms with E-state index in [4.69, 9.17) is 19.3 Å². The lowest BCUT2D eigenvalue weighted by Gasteiger charge is -2.05. The van der Waals surface area contributed by atoms with Crippen molar-refractivity contribution in [1.29, 1.82) is 0 Å². The van der Waals surface area contributed by atoms with E-state index in [-0.39, 0.29) is 19.4 Å². The summed E-state index contributed by atoms with van der Waals surface area (Å²) in [5.41, 5.74) is 0. The van der Waals surface area contributed by atoms with E-state index in [2.05, 4.69) is 6.58 Å². The lowest BCUT2D eigenvalue weighted by molar-refractivity contribution is -0.145. The van der Waals surface area contributed by atoms with Crippen molar-refractivity contribution < 1.29 is 28.9 Å². The van der Waals surface area contributed by atoms with Crippen LogP contribution in [0.1, 0.15) is 19.3 Å². The Balaban J connectivity index is 3.20. The van der Waals surface area contributed by atoms with Crippen LogP contribution in [0.4, 0.5) is 0 Å². The summed E-state index contributed by atoms with van der Waals surface area (Å²) in [5, 5.41) is 8.37. The molecule has 0 fully saturated rings. The van der Waals surface area contributed by atoms with Crippen LogP contribution >= 0.6 is 0 Å². The largest absolute Gasteiger partial charge is 0.481 e. The van der Waals surface area contributed by atoms with Gasteiger partial charge < -0.3 is 19.3 Å². The Hall–Kier alpha value is -1.40. The zero-order valence-corrected chi connectivity index (χ0v) is 10.4. The lowest BCUT2D eigenvalue weighted by atomic mass is 10.2. The molecular formula is C12H20O6. The third-order valence-corrected chi connectivity index (χ3v) is 1.87. The van der Waals surface area contributed by atoms with Gasteiger partial charge in [-0.1, -0.05) is 6.08 Å². The molecular weight excluding hydrogens is 240 g/mol. The highest BCUT2D eigenvalue weighted by Gasteiger charge is 2.04. The summed E-state index contributed by atoms with van der Waals surface area (Å²) in [7, 11) is 0. The van der Waals surface area contributed by atoms with Gasteiger partial charge in [-0.05, 0) is 6.42 Å². The van der Waals surface area contributed by atoms with E-state index in [0.717, 1.165) is 0 Å². The van der Waals surface area contributed by atoms with Crippen molar-refractivity contribution in [2.75, 3.05) is 33.0 Å². The van der Waals surface area contributed by atoms with Crippen molar-refractivity contribution in [1.82, 2.24) is 0 Å². The maximum Gasteiger partial charge on any atom is 0.305 e. The normalized spacial score (nSPS) is 10.0. The second-order valence-corrected chi connectivity index (χ2v) is 3.44. The first-order valence-corrected chi connectivity index (χ1v) is 5.80. The molecule has 0 saturated carbocycles. The predicted molar refractivity (Wildman–Crippen MR) is 64.3 cm³/mol. The molecule has 1 N–H and O–H groups in total. The van der Waals surface area contributed by atoms with Crippen LogP contribution in [0.3, 0.4) is 0 Å². The fourth-order valence-electron chi connectivity index (χ4n) is 1.06. The van der Waals surface area contributed by atoms with E-state index >= 15 is 0 Å². The smallest absolute Gasteiger partial charge is 0.305 e. The topological polar surface area (TPSA) is 82.1 Å². The molecule has 0 aromatic heterocycles. The van der Waals surface area contributed by atoms with E-state index in [1.54, 1.807) is 6.08 Å². The molecule has 0 spiro atoms. The summed E-state index contributed by atoms with van der Waals surface area (Å²) >= 11 is 0. The van der Waals surface area contributed by atoms with Crippen LogP contribution < -0.4 is 0 Å². The fraction of sp³-hybridized carbons (Fsp3) is 0.667. The maximum atomic E-state index is 11.1. The number of aliphatic carboxylic acids is 1. The van der Waals surface area contributed by atoms with Gasteiger partial charge in [-0.15, -0.1) is 6.58 Å². The van der Waals surface area contributed by atoms with Gasteiger partial charge in [-0.2, -0.15) is 0 Å². The van der Waals surface area contributed by atoms with Crippen molar-refractivity contribution in [3.63, 3.8) is 0 Å². The Kier molecular flexibility index (Phi) is 11.1. The monoisotopic (exact) mass is 260 g/mol. The summed E-state index contributed by atoms with van der Waals surface area (Å²) in [6.45, 7) is 5.38. The third-order valence-electron chi connectivity index (χ3n) is 1.87. The minimum atomic E-state index is -0.911. The molecule has 0 aliphatic heterocycles. The van der Waals surface area contributed by atoms with Crippen molar-refractivity contribution in [3.05, 3.63) is 12.7 Å². The molecule has 6 nitrogen and oxygen atoms in total. The number of ether oxygens (including phenoxy) is 3. The van der Waals surface area contributed by atoms with Gasteiger partial charge in [0.15, 0.2) is 0 Å². The SMILES string of the molecule is C=CCOCCOCCOC(=O)CCCC(=O)O. The number of hydrogen-bond donors (Lipinski definition) is 1. The number of carbonyl (C=O) groups excluding carboxylic acids is 1. The summed E-state index contributed by atoms with van der Waals surface area (Å²) in [6.07, 6.45) is 2.05. The number of rotatable bonds is 12.